The highest BCUT2D eigenvalue weighted by Gasteiger charge is 2.22. The number of H-pyrrole nitrogens is 1. The van der Waals surface area contributed by atoms with Gasteiger partial charge in [0.25, 0.3) is 0 Å². The van der Waals surface area contributed by atoms with Crippen LogP contribution in [-0.2, 0) is 10.0 Å². The quantitative estimate of drug-likeness (QED) is 0.557. The summed E-state index contributed by atoms with van der Waals surface area (Å²) in [4.78, 5) is 12.0. The Hall–Kier alpha value is -2.78. The van der Waals surface area contributed by atoms with Crippen molar-refractivity contribution in [2.45, 2.75) is 26.2 Å². The zero-order chi connectivity index (χ0) is 22.0. The van der Waals surface area contributed by atoms with Crippen molar-refractivity contribution in [3.63, 3.8) is 0 Å². The summed E-state index contributed by atoms with van der Waals surface area (Å²) in [5.41, 5.74) is 3.68. The van der Waals surface area contributed by atoms with Crippen LogP contribution in [0.5, 0.6) is 5.75 Å². The van der Waals surface area contributed by atoms with Crippen LogP contribution in [0.3, 0.4) is 0 Å². The Morgan fingerprint density at radius 2 is 2.10 bits per heavy atom. The number of fused-ring (bicyclic) bond motifs is 1. The molecule has 0 saturated heterocycles. The maximum absolute atomic E-state index is 14.1. The first-order valence-corrected chi connectivity index (χ1v) is 12.1. The van der Waals surface area contributed by atoms with E-state index >= 15 is 0 Å². The minimum atomic E-state index is -3.21. The predicted molar refractivity (Wildman–Crippen MR) is 119 cm³/mol. The molecule has 3 heterocycles. The largest absolute Gasteiger partial charge is 0.493 e. The summed E-state index contributed by atoms with van der Waals surface area (Å²) in [5.74, 6) is 0.217. The maximum atomic E-state index is 14.1. The first-order valence-electron chi connectivity index (χ1n) is 10.3. The molecule has 31 heavy (non-hydrogen) atoms. The van der Waals surface area contributed by atoms with Crippen molar-refractivity contribution in [1.82, 2.24) is 19.3 Å². The van der Waals surface area contributed by atoms with Crippen molar-refractivity contribution in [3.05, 3.63) is 48.2 Å². The van der Waals surface area contributed by atoms with Gasteiger partial charge in [-0.25, -0.2) is 22.8 Å². The van der Waals surface area contributed by atoms with Crippen LogP contribution < -0.4 is 4.74 Å². The van der Waals surface area contributed by atoms with Gasteiger partial charge in [-0.05, 0) is 42.7 Å². The lowest BCUT2D eigenvalue weighted by atomic mass is 10.0. The average molecular weight is 445 g/mol. The van der Waals surface area contributed by atoms with Crippen molar-refractivity contribution in [1.29, 1.82) is 0 Å². The van der Waals surface area contributed by atoms with Crippen molar-refractivity contribution >= 4 is 26.6 Å². The highest BCUT2D eigenvalue weighted by molar-refractivity contribution is 7.88. The molecule has 0 saturated carbocycles. The van der Waals surface area contributed by atoms with Crippen molar-refractivity contribution in [2.75, 3.05) is 26.0 Å². The molecular formula is C22H25FN4O3S. The number of sulfonamides is 1. The summed E-state index contributed by atoms with van der Waals surface area (Å²) in [6, 6.07) is 6.38. The van der Waals surface area contributed by atoms with E-state index in [1.165, 1.54) is 29.0 Å². The third-order valence-corrected chi connectivity index (χ3v) is 6.63. The van der Waals surface area contributed by atoms with E-state index in [-0.39, 0.29) is 5.82 Å². The van der Waals surface area contributed by atoms with Crippen LogP contribution in [-0.4, -0.2) is 53.6 Å². The Kier molecular flexibility index (Phi) is 6.06. The molecule has 1 N–H and O–H groups in total. The van der Waals surface area contributed by atoms with Crippen molar-refractivity contribution in [2.24, 2.45) is 0 Å². The number of benzene rings is 1. The van der Waals surface area contributed by atoms with E-state index in [1.807, 2.05) is 12.1 Å². The second-order valence-electron chi connectivity index (χ2n) is 7.61. The van der Waals surface area contributed by atoms with Crippen molar-refractivity contribution < 1.29 is 17.5 Å². The molecule has 0 bridgehead atoms. The molecule has 0 spiro atoms. The highest BCUT2D eigenvalue weighted by atomic mass is 32.2. The first-order chi connectivity index (χ1) is 14.9. The zero-order valence-electron chi connectivity index (χ0n) is 17.6. The molecule has 4 rings (SSSR count). The number of aromatic nitrogens is 3. The zero-order valence-corrected chi connectivity index (χ0v) is 18.4. The van der Waals surface area contributed by atoms with Gasteiger partial charge in [-0.3, -0.25) is 0 Å². The Balaban J connectivity index is 1.72. The fraction of sp³-hybridized carbons (Fsp3) is 0.364. The number of nitrogens with one attached hydrogen (secondary N) is 1. The van der Waals surface area contributed by atoms with Gasteiger partial charge in [0.05, 0.1) is 18.6 Å². The monoisotopic (exact) mass is 444 g/mol. The van der Waals surface area contributed by atoms with E-state index in [1.54, 1.807) is 6.07 Å². The number of aromatic amines is 1. The standard InChI is InChI=1S/C22H25FN4O3S/c1-3-4-11-30-20-6-5-16(23)12-17(20)21-18-13-19(26-22(18)25-14-24-21)15-7-9-27(10-8-15)31(2,28)29/h5-7,12-14H,3-4,8-11H2,1-2H3,(H,24,25,26). The lowest BCUT2D eigenvalue weighted by Gasteiger charge is -2.23. The van der Waals surface area contributed by atoms with Gasteiger partial charge in [0.15, 0.2) is 0 Å². The molecule has 0 amide bonds. The number of hydrogen-bond acceptors (Lipinski definition) is 5. The predicted octanol–water partition coefficient (Wildman–Crippen LogP) is 3.99. The van der Waals surface area contributed by atoms with E-state index in [0.29, 0.717) is 48.8 Å². The summed E-state index contributed by atoms with van der Waals surface area (Å²) in [7, 11) is -3.21. The molecule has 0 unspecified atom stereocenters. The molecule has 1 aliphatic rings. The van der Waals surface area contributed by atoms with Crippen LogP contribution >= 0.6 is 0 Å². The van der Waals surface area contributed by atoms with Crippen LogP contribution in [0.4, 0.5) is 4.39 Å². The summed E-state index contributed by atoms with van der Waals surface area (Å²) >= 11 is 0. The highest BCUT2D eigenvalue weighted by Crippen LogP contribution is 2.35. The SMILES string of the molecule is CCCCOc1ccc(F)cc1-c1ncnc2[nH]c(C3=CCN(S(C)(=O)=O)CC3)cc12. The fourth-order valence-corrected chi connectivity index (χ4v) is 4.43. The molecule has 7 nitrogen and oxygen atoms in total. The van der Waals surface area contributed by atoms with Crippen LogP contribution in [0.2, 0.25) is 0 Å². The summed E-state index contributed by atoms with van der Waals surface area (Å²) < 4.78 is 44.9. The number of hydrogen-bond donors (Lipinski definition) is 1. The molecule has 0 fully saturated rings. The average Bonchev–Trinajstić information content (AvgIpc) is 3.19. The number of nitrogens with zero attached hydrogens (tertiary/aromatic N) is 3. The summed E-state index contributed by atoms with van der Waals surface area (Å²) in [6.45, 7) is 3.39. The molecular weight excluding hydrogens is 419 g/mol. The van der Waals surface area contributed by atoms with Gasteiger partial charge in [0.1, 0.15) is 23.5 Å². The van der Waals surface area contributed by atoms with Crippen LogP contribution in [0.1, 0.15) is 31.9 Å². The van der Waals surface area contributed by atoms with Gasteiger partial charge in [-0.15, -0.1) is 0 Å². The molecule has 0 atom stereocenters. The number of halogens is 1. The second-order valence-corrected chi connectivity index (χ2v) is 9.59. The van der Waals surface area contributed by atoms with E-state index in [2.05, 4.69) is 21.9 Å². The fourth-order valence-electron chi connectivity index (χ4n) is 3.66. The lowest BCUT2D eigenvalue weighted by molar-refractivity contribution is 0.310. The molecule has 0 aliphatic carbocycles. The normalized spacial score (nSPS) is 15.3. The summed E-state index contributed by atoms with van der Waals surface area (Å²) in [5, 5.41) is 0.759. The van der Waals surface area contributed by atoms with Gasteiger partial charge in [0, 0.05) is 29.7 Å². The molecule has 164 valence electrons. The first kappa shape index (κ1) is 21.5. The number of unbranched alkanes of at least 4 members (excludes halogenated alkanes) is 1. The number of ether oxygens (including phenoxy) is 1. The topological polar surface area (TPSA) is 88.2 Å². The molecule has 1 aliphatic heterocycles. The van der Waals surface area contributed by atoms with Crippen LogP contribution in [0.15, 0.2) is 36.7 Å². The van der Waals surface area contributed by atoms with Gasteiger partial charge >= 0.3 is 0 Å². The molecule has 0 radical (unpaired) electrons. The Morgan fingerprint density at radius 1 is 1.26 bits per heavy atom. The maximum Gasteiger partial charge on any atom is 0.211 e. The lowest BCUT2D eigenvalue weighted by Crippen LogP contribution is -2.33. The van der Waals surface area contributed by atoms with Gasteiger partial charge in [-0.2, -0.15) is 4.31 Å². The third kappa shape index (κ3) is 4.62. The van der Waals surface area contributed by atoms with Gasteiger partial charge in [-0.1, -0.05) is 19.4 Å². The molecule has 2 aromatic heterocycles. The summed E-state index contributed by atoms with van der Waals surface area (Å²) in [6.07, 6.45) is 7.07. The molecule has 1 aromatic carbocycles. The van der Waals surface area contributed by atoms with E-state index in [4.69, 9.17) is 4.74 Å². The van der Waals surface area contributed by atoms with Crippen LogP contribution in [0, 0.1) is 5.82 Å². The number of rotatable bonds is 7. The Morgan fingerprint density at radius 3 is 2.81 bits per heavy atom. The Bertz CT molecular complexity index is 1240. The Labute approximate surface area is 181 Å². The van der Waals surface area contributed by atoms with Crippen LogP contribution in [0.25, 0.3) is 27.9 Å². The minimum Gasteiger partial charge on any atom is -0.493 e. The van der Waals surface area contributed by atoms with E-state index in [9.17, 15) is 12.8 Å². The second kappa shape index (κ2) is 8.76. The van der Waals surface area contributed by atoms with Crippen molar-refractivity contribution in [3.8, 4) is 17.0 Å². The van der Waals surface area contributed by atoms with E-state index < -0.39 is 10.0 Å². The van der Waals surface area contributed by atoms with Gasteiger partial charge < -0.3 is 9.72 Å². The molecule has 9 heteroatoms. The third-order valence-electron chi connectivity index (χ3n) is 5.36. The van der Waals surface area contributed by atoms with E-state index in [0.717, 1.165) is 29.5 Å². The van der Waals surface area contributed by atoms with Gasteiger partial charge in [0.2, 0.25) is 10.0 Å². The smallest absolute Gasteiger partial charge is 0.211 e. The molecule has 3 aromatic rings. The minimum absolute atomic E-state index is 0.335.